The molecule has 0 amide bonds. The topological polar surface area (TPSA) is 75.7 Å². The van der Waals surface area contributed by atoms with Crippen molar-refractivity contribution in [1.29, 1.82) is 0 Å². The van der Waals surface area contributed by atoms with Crippen molar-refractivity contribution in [3.63, 3.8) is 0 Å². The van der Waals surface area contributed by atoms with E-state index >= 15 is 0 Å². The van der Waals surface area contributed by atoms with Gasteiger partial charge in [-0.1, -0.05) is 6.08 Å². The maximum absolute atomic E-state index is 11.1. The first-order chi connectivity index (χ1) is 6.97. The van der Waals surface area contributed by atoms with Gasteiger partial charge >= 0.3 is 5.97 Å². The van der Waals surface area contributed by atoms with Crippen molar-refractivity contribution in [1.82, 2.24) is 0 Å². The zero-order valence-corrected chi connectivity index (χ0v) is 9.17. The Labute approximate surface area is 89.3 Å². The average Bonchev–Trinajstić information content (AvgIpc) is 2.13. The number of esters is 1. The second-order valence-corrected chi connectivity index (χ2v) is 3.25. The van der Waals surface area contributed by atoms with Crippen LogP contribution in [0, 0.1) is 0 Å². The van der Waals surface area contributed by atoms with Crippen LogP contribution >= 0.6 is 0 Å². The molecule has 0 spiro atoms. The molecular formula is C10H17O5. The standard InChI is InChI=1S/C10H17O5/c1-4-5-9(12)14-6-8(11)10(13)15-7(2)3/h4-5,7-8,10-11H,6H2,1-3H3. The highest BCUT2D eigenvalue weighted by molar-refractivity contribution is 5.81. The van der Waals surface area contributed by atoms with Gasteiger partial charge in [0.1, 0.15) is 12.7 Å². The van der Waals surface area contributed by atoms with Crippen LogP contribution in [0.2, 0.25) is 0 Å². The van der Waals surface area contributed by atoms with Crippen LogP contribution in [-0.4, -0.2) is 36.2 Å². The van der Waals surface area contributed by atoms with Gasteiger partial charge in [0, 0.05) is 6.08 Å². The molecule has 0 aromatic rings. The number of hydrogen-bond acceptors (Lipinski definition) is 4. The van der Waals surface area contributed by atoms with E-state index in [1.807, 2.05) is 0 Å². The number of ether oxygens (including phenoxy) is 2. The van der Waals surface area contributed by atoms with Crippen LogP contribution in [0.25, 0.3) is 0 Å². The van der Waals surface area contributed by atoms with Crippen molar-refractivity contribution >= 4 is 5.97 Å². The van der Waals surface area contributed by atoms with Crippen molar-refractivity contribution in [3.05, 3.63) is 12.2 Å². The van der Waals surface area contributed by atoms with Crippen molar-refractivity contribution in [2.24, 2.45) is 0 Å². The van der Waals surface area contributed by atoms with Gasteiger partial charge in [0.15, 0.2) is 0 Å². The first-order valence-electron chi connectivity index (χ1n) is 4.76. The third-order valence-corrected chi connectivity index (χ3v) is 1.42. The molecule has 0 saturated carbocycles. The number of aliphatic hydroxyl groups is 1. The molecular weight excluding hydrogens is 200 g/mol. The fourth-order valence-electron chi connectivity index (χ4n) is 0.789. The van der Waals surface area contributed by atoms with Gasteiger partial charge in [0.25, 0.3) is 0 Å². The lowest BCUT2D eigenvalue weighted by molar-refractivity contribution is -0.220. The molecule has 15 heavy (non-hydrogen) atoms. The van der Waals surface area contributed by atoms with Crippen molar-refractivity contribution in [2.75, 3.05) is 6.61 Å². The van der Waals surface area contributed by atoms with Crippen LogP contribution < -0.4 is 0 Å². The molecule has 0 aromatic carbocycles. The van der Waals surface area contributed by atoms with E-state index in [2.05, 4.69) is 4.74 Å². The Morgan fingerprint density at radius 1 is 1.47 bits per heavy atom. The third kappa shape index (κ3) is 7.07. The SMILES string of the molecule is CC=CC(=O)OCC(O)C([O])OC(C)C. The fourth-order valence-corrected chi connectivity index (χ4v) is 0.789. The smallest absolute Gasteiger partial charge is 0.330 e. The summed E-state index contributed by atoms with van der Waals surface area (Å²) < 4.78 is 9.38. The van der Waals surface area contributed by atoms with Crippen LogP contribution in [0.5, 0.6) is 0 Å². The molecule has 2 unspecified atom stereocenters. The summed E-state index contributed by atoms with van der Waals surface area (Å²) in [4.78, 5) is 10.8. The summed E-state index contributed by atoms with van der Waals surface area (Å²) in [5.41, 5.74) is 0. The second kappa shape index (κ2) is 7.39. The minimum absolute atomic E-state index is 0.270. The normalized spacial score (nSPS) is 15.6. The number of rotatable bonds is 6. The number of carbonyl (C=O) groups excluding carboxylic acids is 1. The summed E-state index contributed by atoms with van der Waals surface area (Å²) in [5, 5.41) is 20.4. The maximum Gasteiger partial charge on any atom is 0.330 e. The molecule has 1 radical (unpaired) electrons. The summed E-state index contributed by atoms with van der Waals surface area (Å²) in [6, 6.07) is 0. The predicted molar refractivity (Wildman–Crippen MR) is 52.5 cm³/mol. The van der Waals surface area contributed by atoms with E-state index in [1.54, 1.807) is 20.8 Å². The lowest BCUT2D eigenvalue weighted by Gasteiger charge is -2.18. The largest absolute Gasteiger partial charge is 0.460 e. The number of carbonyl (C=O) groups is 1. The van der Waals surface area contributed by atoms with E-state index in [0.717, 1.165) is 0 Å². The van der Waals surface area contributed by atoms with Crippen LogP contribution in [0.15, 0.2) is 12.2 Å². The molecule has 2 atom stereocenters. The van der Waals surface area contributed by atoms with Gasteiger partial charge in [-0.15, -0.1) is 0 Å². The summed E-state index contributed by atoms with van der Waals surface area (Å²) in [6.45, 7) is 4.67. The van der Waals surface area contributed by atoms with Gasteiger partial charge in [-0.2, -0.15) is 5.11 Å². The van der Waals surface area contributed by atoms with Gasteiger partial charge in [-0.05, 0) is 20.8 Å². The quantitative estimate of drug-likeness (QED) is 0.402. The Hall–Kier alpha value is -0.910. The van der Waals surface area contributed by atoms with E-state index in [9.17, 15) is 15.0 Å². The Morgan fingerprint density at radius 3 is 2.53 bits per heavy atom. The van der Waals surface area contributed by atoms with E-state index in [-0.39, 0.29) is 12.7 Å². The number of aliphatic hydroxyl groups excluding tert-OH is 1. The Morgan fingerprint density at radius 2 is 2.07 bits per heavy atom. The van der Waals surface area contributed by atoms with Gasteiger partial charge in [0.2, 0.25) is 6.29 Å². The monoisotopic (exact) mass is 217 g/mol. The Kier molecular flexibility index (Phi) is 6.94. The molecule has 0 rings (SSSR count). The van der Waals surface area contributed by atoms with Crippen LogP contribution in [-0.2, 0) is 19.4 Å². The van der Waals surface area contributed by atoms with Gasteiger partial charge in [-0.25, -0.2) is 4.79 Å². The molecule has 0 heterocycles. The van der Waals surface area contributed by atoms with E-state index < -0.39 is 18.4 Å². The minimum Gasteiger partial charge on any atom is -0.460 e. The first kappa shape index (κ1) is 14.1. The summed E-state index contributed by atoms with van der Waals surface area (Å²) in [5.74, 6) is -0.590. The summed E-state index contributed by atoms with van der Waals surface area (Å²) >= 11 is 0. The Balaban J connectivity index is 3.82. The molecule has 0 aliphatic rings. The molecule has 5 heteroatoms. The molecule has 0 fully saturated rings. The average molecular weight is 217 g/mol. The van der Waals surface area contributed by atoms with Gasteiger partial charge in [0.05, 0.1) is 6.10 Å². The molecule has 0 bridgehead atoms. The minimum atomic E-state index is -1.59. The summed E-state index contributed by atoms with van der Waals surface area (Å²) in [7, 11) is 0. The lowest BCUT2D eigenvalue weighted by atomic mass is 10.3. The number of hydrogen-bond donors (Lipinski definition) is 1. The summed E-state index contributed by atoms with van der Waals surface area (Å²) in [6.07, 6.45) is -0.498. The van der Waals surface area contributed by atoms with Gasteiger partial charge < -0.3 is 14.6 Å². The van der Waals surface area contributed by atoms with Crippen LogP contribution in [0.4, 0.5) is 0 Å². The van der Waals surface area contributed by atoms with Gasteiger partial charge in [-0.3, -0.25) is 0 Å². The molecule has 1 N–H and O–H groups in total. The third-order valence-electron chi connectivity index (χ3n) is 1.42. The molecule has 0 saturated heterocycles. The Bertz CT molecular complexity index is 212. The lowest BCUT2D eigenvalue weighted by Crippen LogP contribution is -2.34. The van der Waals surface area contributed by atoms with Crippen LogP contribution in [0.3, 0.4) is 0 Å². The molecule has 0 aliphatic carbocycles. The molecule has 5 nitrogen and oxygen atoms in total. The van der Waals surface area contributed by atoms with E-state index in [4.69, 9.17) is 4.74 Å². The maximum atomic E-state index is 11.1. The predicted octanol–water partition coefficient (Wildman–Crippen LogP) is 0.648. The van der Waals surface area contributed by atoms with Crippen molar-refractivity contribution in [3.8, 4) is 0 Å². The fraction of sp³-hybridized carbons (Fsp3) is 0.700. The second-order valence-electron chi connectivity index (χ2n) is 3.25. The zero-order chi connectivity index (χ0) is 11.8. The van der Waals surface area contributed by atoms with Crippen molar-refractivity contribution < 1.29 is 24.5 Å². The highest BCUT2D eigenvalue weighted by Crippen LogP contribution is 2.02. The molecule has 87 valence electrons. The zero-order valence-electron chi connectivity index (χ0n) is 9.17. The van der Waals surface area contributed by atoms with E-state index in [1.165, 1.54) is 12.2 Å². The van der Waals surface area contributed by atoms with E-state index in [0.29, 0.717) is 0 Å². The highest BCUT2D eigenvalue weighted by Gasteiger charge is 2.21. The number of allylic oxidation sites excluding steroid dienone is 1. The van der Waals surface area contributed by atoms with Crippen molar-refractivity contribution in [2.45, 2.75) is 39.3 Å². The molecule has 0 aliphatic heterocycles. The van der Waals surface area contributed by atoms with Crippen LogP contribution in [0.1, 0.15) is 20.8 Å². The first-order valence-corrected chi connectivity index (χ1v) is 4.76. The molecule has 0 aromatic heterocycles. The highest BCUT2D eigenvalue weighted by atomic mass is 16.6.